The van der Waals surface area contributed by atoms with Gasteiger partial charge in [-0.25, -0.2) is 19.9 Å². The van der Waals surface area contributed by atoms with Crippen LogP contribution in [0.1, 0.15) is 37.3 Å². The van der Waals surface area contributed by atoms with Crippen LogP contribution in [0.4, 0.5) is 5.82 Å². The topological polar surface area (TPSA) is 86.8 Å². The van der Waals surface area contributed by atoms with Crippen LogP contribution in [0, 0.1) is 3.57 Å². The van der Waals surface area contributed by atoms with Crippen LogP contribution in [0.2, 0.25) is 0 Å². The Morgan fingerprint density at radius 3 is 2.71 bits per heavy atom. The summed E-state index contributed by atoms with van der Waals surface area (Å²) in [6.07, 6.45) is 6.28. The van der Waals surface area contributed by atoms with Crippen molar-refractivity contribution in [2.75, 3.05) is 12.8 Å². The third-order valence-corrected chi connectivity index (χ3v) is 4.83. The predicted octanol–water partition coefficient (Wildman–Crippen LogP) is 2.79. The molecule has 1 saturated carbocycles. The summed E-state index contributed by atoms with van der Waals surface area (Å²) in [7, 11) is 1.57. The summed E-state index contributed by atoms with van der Waals surface area (Å²) in [5.74, 6) is 2.02. The summed E-state index contributed by atoms with van der Waals surface area (Å²) in [5.41, 5.74) is 7.74. The van der Waals surface area contributed by atoms with Gasteiger partial charge < -0.3 is 10.5 Å². The van der Waals surface area contributed by atoms with E-state index in [1.807, 2.05) is 0 Å². The number of halogens is 1. The maximum Gasteiger partial charge on any atom is 0.216 e. The Morgan fingerprint density at radius 1 is 1.24 bits per heavy atom. The molecule has 0 aliphatic heterocycles. The third-order valence-electron chi connectivity index (χ3n) is 3.72. The van der Waals surface area contributed by atoms with Gasteiger partial charge in [0.25, 0.3) is 0 Å². The molecule has 110 valence electrons. The maximum absolute atomic E-state index is 6.06. The molecule has 0 radical (unpaired) electrons. The minimum Gasteiger partial charge on any atom is -0.481 e. The van der Waals surface area contributed by atoms with Crippen LogP contribution in [0.5, 0.6) is 5.88 Å². The fourth-order valence-corrected chi connectivity index (χ4v) is 3.32. The quantitative estimate of drug-likeness (QED) is 0.802. The SMILES string of the molecule is COc1cc(-c2nc(N)c(I)c(C3CCCC3)n2)ncn1. The molecular weight excluding hydrogens is 381 g/mol. The Hall–Kier alpha value is -1.51. The Balaban J connectivity index is 2.06. The van der Waals surface area contributed by atoms with Crippen LogP contribution in [-0.2, 0) is 0 Å². The van der Waals surface area contributed by atoms with Gasteiger partial charge in [0.15, 0.2) is 5.82 Å². The van der Waals surface area contributed by atoms with Crippen LogP contribution < -0.4 is 10.5 Å². The summed E-state index contributed by atoms with van der Waals surface area (Å²) in [4.78, 5) is 17.3. The number of nitrogens with zero attached hydrogens (tertiary/aromatic N) is 4. The van der Waals surface area contributed by atoms with Crippen molar-refractivity contribution in [3.05, 3.63) is 21.7 Å². The number of hydrogen-bond acceptors (Lipinski definition) is 6. The normalized spacial score (nSPS) is 15.3. The average molecular weight is 397 g/mol. The number of ether oxygens (including phenoxy) is 1. The van der Waals surface area contributed by atoms with E-state index in [9.17, 15) is 0 Å². The highest BCUT2D eigenvalue weighted by Gasteiger charge is 2.23. The second kappa shape index (κ2) is 6.08. The van der Waals surface area contributed by atoms with Gasteiger partial charge in [-0.05, 0) is 35.4 Å². The van der Waals surface area contributed by atoms with E-state index in [-0.39, 0.29) is 0 Å². The van der Waals surface area contributed by atoms with Crippen LogP contribution in [0.15, 0.2) is 12.4 Å². The molecule has 1 fully saturated rings. The van der Waals surface area contributed by atoms with Crippen LogP contribution >= 0.6 is 22.6 Å². The second-order valence-electron chi connectivity index (χ2n) is 5.06. The zero-order valence-electron chi connectivity index (χ0n) is 11.7. The summed E-state index contributed by atoms with van der Waals surface area (Å²) >= 11 is 2.24. The summed E-state index contributed by atoms with van der Waals surface area (Å²) < 4.78 is 6.08. The first-order valence-corrected chi connectivity index (χ1v) is 7.96. The molecule has 0 atom stereocenters. The maximum atomic E-state index is 6.06. The van der Waals surface area contributed by atoms with Crippen LogP contribution in [0.25, 0.3) is 11.5 Å². The second-order valence-corrected chi connectivity index (χ2v) is 6.14. The van der Waals surface area contributed by atoms with Crippen molar-refractivity contribution in [3.63, 3.8) is 0 Å². The molecule has 6 nitrogen and oxygen atoms in total. The molecule has 21 heavy (non-hydrogen) atoms. The minimum absolute atomic E-state index is 0.477. The number of hydrogen-bond donors (Lipinski definition) is 1. The lowest BCUT2D eigenvalue weighted by atomic mass is 10.0. The average Bonchev–Trinajstić information content (AvgIpc) is 3.04. The van der Waals surface area contributed by atoms with Crippen LogP contribution in [-0.4, -0.2) is 27.0 Å². The summed E-state index contributed by atoms with van der Waals surface area (Å²) in [6.45, 7) is 0. The molecule has 0 aromatic carbocycles. The number of anilines is 1. The van der Waals surface area contributed by atoms with Gasteiger partial charge in [0.1, 0.15) is 17.8 Å². The third kappa shape index (κ3) is 2.92. The molecule has 2 aromatic heterocycles. The first kappa shape index (κ1) is 14.4. The summed E-state index contributed by atoms with van der Waals surface area (Å²) in [5, 5.41) is 0. The van der Waals surface area contributed by atoms with Crippen LogP contribution in [0.3, 0.4) is 0 Å². The zero-order valence-corrected chi connectivity index (χ0v) is 13.9. The van der Waals surface area contributed by atoms with Gasteiger partial charge in [-0.2, -0.15) is 0 Å². The highest BCUT2D eigenvalue weighted by molar-refractivity contribution is 14.1. The van der Waals surface area contributed by atoms with Gasteiger partial charge in [0.05, 0.1) is 16.4 Å². The number of rotatable bonds is 3. The van der Waals surface area contributed by atoms with E-state index in [4.69, 9.17) is 15.5 Å². The van der Waals surface area contributed by atoms with E-state index in [1.165, 1.54) is 32.0 Å². The highest BCUT2D eigenvalue weighted by atomic mass is 127. The van der Waals surface area contributed by atoms with E-state index in [0.717, 1.165) is 9.26 Å². The van der Waals surface area contributed by atoms with E-state index < -0.39 is 0 Å². The number of nitrogens with two attached hydrogens (primary N) is 1. The zero-order chi connectivity index (χ0) is 14.8. The summed E-state index contributed by atoms with van der Waals surface area (Å²) in [6, 6.07) is 1.72. The monoisotopic (exact) mass is 397 g/mol. The molecule has 1 aliphatic rings. The number of aromatic nitrogens is 4. The van der Waals surface area contributed by atoms with E-state index in [0.29, 0.717) is 29.1 Å². The van der Waals surface area contributed by atoms with E-state index >= 15 is 0 Å². The molecule has 0 saturated heterocycles. The molecule has 0 spiro atoms. The molecule has 0 unspecified atom stereocenters. The van der Waals surface area contributed by atoms with Gasteiger partial charge in [0.2, 0.25) is 5.88 Å². The van der Waals surface area contributed by atoms with E-state index in [1.54, 1.807) is 13.2 Å². The molecule has 2 N–H and O–H groups in total. The molecule has 2 aromatic rings. The fourth-order valence-electron chi connectivity index (χ4n) is 2.64. The Labute approximate surface area is 136 Å². The standard InChI is InChI=1S/C14H16IN5O/c1-21-10-6-9(17-7-18-10)14-19-12(8-4-2-3-5-8)11(15)13(16)20-14/h6-8H,2-5H2,1H3,(H2,16,19,20). The highest BCUT2D eigenvalue weighted by Crippen LogP contribution is 2.37. The molecular formula is C14H16IN5O. The first-order valence-electron chi connectivity index (χ1n) is 6.88. The Morgan fingerprint density at radius 2 is 2.00 bits per heavy atom. The molecule has 2 heterocycles. The largest absolute Gasteiger partial charge is 0.481 e. The van der Waals surface area contributed by atoms with Crippen molar-refractivity contribution in [1.29, 1.82) is 0 Å². The van der Waals surface area contributed by atoms with Gasteiger partial charge in [-0.15, -0.1) is 0 Å². The lowest BCUT2D eigenvalue weighted by Crippen LogP contribution is -2.08. The minimum atomic E-state index is 0.477. The van der Waals surface area contributed by atoms with Gasteiger partial charge in [0, 0.05) is 12.0 Å². The first-order chi connectivity index (χ1) is 10.2. The molecule has 0 amide bonds. The lowest BCUT2D eigenvalue weighted by molar-refractivity contribution is 0.397. The predicted molar refractivity (Wildman–Crippen MR) is 87.9 cm³/mol. The Bertz CT molecular complexity index is 658. The van der Waals surface area contributed by atoms with Crippen molar-refractivity contribution in [3.8, 4) is 17.4 Å². The fraction of sp³-hybridized carbons (Fsp3) is 0.429. The van der Waals surface area contributed by atoms with Gasteiger partial charge in [-0.1, -0.05) is 12.8 Å². The van der Waals surface area contributed by atoms with Crippen molar-refractivity contribution in [2.45, 2.75) is 31.6 Å². The molecule has 0 bridgehead atoms. The molecule has 3 rings (SSSR count). The molecule has 1 aliphatic carbocycles. The molecule has 7 heteroatoms. The van der Waals surface area contributed by atoms with Crippen molar-refractivity contribution in [1.82, 2.24) is 19.9 Å². The number of methoxy groups -OCH3 is 1. The number of nitrogen functional groups attached to an aromatic ring is 1. The Kier molecular flexibility index (Phi) is 4.18. The van der Waals surface area contributed by atoms with Crippen molar-refractivity contribution < 1.29 is 4.74 Å². The van der Waals surface area contributed by atoms with Gasteiger partial charge >= 0.3 is 0 Å². The van der Waals surface area contributed by atoms with E-state index in [2.05, 4.69) is 37.5 Å². The lowest BCUT2D eigenvalue weighted by Gasteiger charge is -2.13. The smallest absolute Gasteiger partial charge is 0.216 e. The van der Waals surface area contributed by atoms with Crippen molar-refractivity contribution >= 4 is 28.4 Å². The van der Waals surface area contributed by atoms with Gasteiger partial charge in [-0.3, -0.25) is 0 Å². The van der Waals surface area contributed by atoms with Crippen molar-refractivity contribution in [2.24, 2.45) is 0 Å².